The van der Waals surface area contributed by atoms with Crippen LogP contribution in [0.2, 0.25) is 0 Å². The van der Waals surface area contributed by atoms with Gasteiger partial charge in [-0.15, -0.1) is 4.73 Å². The molecule has 1 aromatic heterocycles. The van der Waals surface area contributed by atoms with Gasteiger partial charge < -0.3 is 20.0 Å². The largest absolute Gasteiger partial charge is 0.448 e. The molecule has 2 rings (SSSR count). The van der Waals surface area contributed by atoms with Crippen LogP contribution in [0.1, 0.15) is 30.0 Å². The van der Waals surface area contributed by atoms with Gasteiger partial charge in [0.25, 0.3) is 11.7 Å². The summed E-state index contributed by atoms with van der Waals surface area (Å²) in [6.45, 7) is 5.39. The number of ketones is 1. The van der Waals surface area contributed by atoms with Gasteiger partial charge >= 0.3 is 6.09 Å². The fourth-order valence-corrected chi connectivity index (χ4v) is 2.06. The predicted molar refractivity (Wildman–Crippen MR) is 96.3 cm³/mol. The number of nitrogens with one attached hydrogen (secondary N) is 1. The molecule has 148 valence electrons. The smallest absolute Gasteiger partial charge is 0.435 e. The zero-order chi connectivity index (χ0) is 20.7. The van der Waals surface area contributed by atoms with E-state index in [2.05, 4.69) is 15.3 Å². The van der Waals surface area contributed by atoms with Crippen LogP contribution in [0.5, 0.6) is 11.6 Å². The molecule has 28 heavy (non-hydrogen) atoms. The third-order valence-electron chi connectivity index (χ3n) is 3.35. The van der Waals surface area contributed by atoms with Crippen molar-refractivity contribution in [2.75, 3.05) is 13.2 Å². The molecule has 0 spiro atoms. The number of benzene rings is 1. The second-order valence-electron chi connectivity index (χ2n) is 5.50. The number of carbonyl (C=O) groups excluding carboxylic acids is 3. The van der Waals surface area contributed by atoms with Crippen molar-refractivity contribution in [2.45, 2.75) is 20.8 Å². The lowest BCUT2D eigenvalue weighted by Gasteiger charge is -2.10. The third-order valence-corrected chi connectivity index (χ3v) is 3.35. The average Bonchev–Trinajstić information content (AvgIpc) is 2.66. The summed E-state index contributed by atoms with van der Waals surface area (Å²) in [4.78, 5) is 43.2. The summed E-state index contributed by atoms with van der Waals surface area (Å²) >= 11 is 0. The lowest BCUT2D eigenvalue weighted by Crippen LogP contribution is -2.36. The highest BCUT2D eigenvalue weighted by Crippen LogP contribution is 2.19. The monoisotopic (exact) mass is 388 g/mol. The van der Waals surface area contributed by atoms with Gasteiger partial charge in [-0.05, 0) is 32.9 Å². The Labute approximate surface area is 160 Å². The van der Waals surface area contributed by atoms with Crippen LogP contribution in [0.4, 0.5) is 4.79 Å². The molecule has 0 fully saturated rings. The summed E-state index contributed by atoms with van der Waals surface area (Å²) < 4.78 is 10.5. The van der Waals surface area contributed by atoms with E-state index in [1.54, 1.807) is 38.1 Å². The summed E-state index contributed by atoms with van der Waals surface area (Å²) in [6.07, 6.45) is -0.991. The highest BCUT2D eigenvalue weighted by Gasteiger charge is 2.23. The first-order valence-corrected chi connectivity index (χ1v) is 8.47. The molecule has 1 aromatic carbocycles. The lowest BCUT2D eigenvalue weighted by molar-refractivity contribution is -0.117. The van der Waals surface area contributed by atoms with Crippen LogP contribution in [-0.2, 0) is 9.53 Å². The molecule has 0 radical (unpaired) electrons. The molecular weight excluding hydrogens is 368 g/mol. The van der Waals surface area contributed by atoms with E-state index in [0.717, 1.165) is 11.6 Å². The highest BCUT2D eigenvalue weighted by atomic mass is 16.5. The summed E-state index contributed by atoms with van der Waals surface area (Å²) in [5, 5.41) is 12.5. The summed E-state index contributed by atoms with van der Waals surface area (Å²) in [7, 11) is 0. The molecule has 0 aliphatic rings. The third kappa shape index (κ3) is 5.16. The van der Waals surface area contributed by atoms with Crippen molar-refractivity contribution >= 4 is 17.8 Å². The highest BCUT2D eigenvalue weighted by molar-refractivity contribution is 6.41. The first kappa shape index (κ1) is 20.6. The number of nitrogens with zero attached hydrogens (tertiary/aromatic N) is 3. The van der Waals surface area contributed by atoms with Crippen molar-refractivity contribution < 1.29 is 29.1 Å². The molecule has 2 N–H and O–H groups in total. The number of aromatic nitrogens is 2. The molecule has 0 bridgehead atoms. The van der Waals surface area contributed by atoms with Gasteiger partial charge in [0, 0.05) is 12.6 Å². The number of amides is 2. The van der Waals surface area contributed by atoms with Gasteiger partial charge in [0.15, 0.2) is 5.49 Å². The van der Waals surface area contributed by atoms with Crippen LogP contribution >= 0.6 is 0 Å². The van der Waals surface area contributed by atoms with Crippen LogP contribution < -0.4 is 15.5 Å². The van der Waals surface area contributed by atoms with Crippen molar-refractivity contribution in [1.82, 2.24) is 15.0 Å². The maximum atomic E-state index is 12.3. The minimum Gasteiger partial charge on any atom is -0.448 e. The van der Waals surface area contributed by atoms with Crippen molar-refractivity contribution in [3.05, 3.63) is 47.2 Å². The predicted octanol–water partition coefficient (Wildman–Crippen LogP) is 1.60. The molecule has 0 aliphatic heterocycles. The van der Waals surface area contributed by atoms with Gasteiger partial charge in [-0.3, -0.25) is 9.59 Å². The maximum Gasteiger partial charge on any atom is 0.435 e. The zero-order valence-electron chi connectivity index (χ0n) is 15.6. The molecule has 2 amide bonds. The Kier molecular flexibility index (Phi) is 6.85. The Morgan fingerprint density at radius 3 is 2.50 bits per heavy atom. The van der Waals surface area contributed by atoms with Crippen molar-refractivity contribution in [1.29, 1.82) is 0 Å². The Morgan fingerprint density at radius 1 is 1.21 bits per heavy atom. The average molecular weight is 388 g/mol. The van der Waals surface area contributed by atoms with E-state index in [9.17, 15) is 19.6 Å². The number of likely N-dealkylation sites (N-methyl/N-ethyl adjacent to an activating group) is 1. The lowest BCUT2D eigenvalue weighted by atomic mass is 10.2. The Bertz CT molecular complexity index is 950. The molecule has 0 aliphatic carbocycles. The number of hydrogen-bond acceptors (Lipinski definition) is 7. The number of aryl methyl sites for hydroxylation is 1. The molecule has 0 saturated carbocycles. The maximum absolute atomic E-state index is 12.3. The van der Waals surface area contributed by atoms with E-state index in [1.165, 1.54) is 0 Å². The number of Topliss-reactive ketones (excluding diaryl/α,β-unsaturated/α-hetero) is 1. The quantitative estimate of drug-likeness (QED) is 0.436. The minimum absolute atomic E-state index is 0.0657. The fraction of sp³-hybridized carbons (Fsp3) is 0.278. The van der Waals surface area contributed by atoms with E-state index in [-0.39, 0.29) is 29.2 Å². The van der Waals surface area contributed by atoms with Gasteiger partial charge in [-0.2, -0.15) is 9.98 Å². The van der Waals surface area contributed by atoms with Gasteiger partial charge in [0.2, 0.25) is 11.7 Å². The molecule has 0 atom stereocenters. The molecular formula is C18H20N4O6. The summed E-state index contributed by atoms with van der Waals surface area (Å²) in [5.41, 5.74) is 0.620. The van der Waals surface area contributed by atoms with Crippen molar-refractivity contribution in [3.8, 4) is 11.6 Å². The number of hydrogen-bond donors (Lipinski definition) is 2. The SMILES string of the molecule is CCNC(=O)C(=O)c1nc(Oc2ccc(C)cc2)cc(=NC(=O)OCC)n1O. The topological polar surface area (TPSA) is 132 Å². The molecule has 0 saturated heterocycles. The standard InChI is InChI=1S/C18H20N4O6/c1-4-19-17(24)15(23)16-21-14(28-12-8-6-11(3)7-9-12)10-13(22(16)26)20-18(25)27-5-2/h6-10,26H,4-5H2,1-3H3,(H,19,24). The van der Waals surface area contributed by atoms with Gasteiger partial charge in [0.1, 0.15) is 5.75 Å². The van der Waals surface area contributed by atoms with Crippen LogP contribution in [-0.4, -0.2) is 45.9 Å². The second kappa shape index (κ2) is 9.31. The van der Waals surface area contributed by atoms with E-state index < -0.39 is 23.6 Å². The van der Waals surface area contributed by atoms with E-state index in [1.807, 2.05) is 6.92 Å². The Morgan fingerprint density at radius 2 is 1.89 bits per heavy atom. The number of ether oxygens (including phenoxy) is 2. The van der Waals surface area contributed by atoms with Crippen LogP contribution in [0, 0.1) is 6.92 Å². The Hall–Kier alpha value is -3.69. The van der Waals surface area contributed by atoms with E-state index in [0.29, 0.717) is 5.75 Å². The van der Waals surface area contributed by atoms with E-state index in [4.69, 9.17) is 9.47 Å². The number of rotatable bonds is 6. The molecule has 1 heterocycles. The first-order valence-electron chi connectivity index (χ1n) is 8.47. The molecule has 0 unspecified atom stereocenters. The molecule has 10 nitrogen and oxygen atoms in total. The summed E-state index contributed by atoms with van der Waals surface area (Å²) in [5.74, 6) is -2.53. The fourth-order valence-electron chi connectivity index (χ4n) is 2.06. The van der Waals surface area contributed by atoms with Crippen LogP contribution in [0.3, 0.4) is 0 Å². The molecule has 10 heteroatoms. The van der Waals surface area contributed by atoms with Gasteiger partial charge in [-0.25, -0.2) is 4.79 Å². The summed E-state index contributed by atoms with van der Waals surface area (Å²) in [6, 6.07) is 8.07. The number of carbonyl (C=O) groups is 3. The second-order valence-corrected chi connectivity index (χ2v) is 5.50. The van der Waals surface area contributed by atoms with Crippen molar-refractivity contribution in [3.63, 3.8) is 0 Å². The Balaban J connectivity index is 2.53. The zero-order valence-corrected chi connectivity index (χ0v) is 15.6. The van der Waals surface area contributed by atoms with Crippen LogP contribution in [0.25, 0.3) is 0 Å². The molecule has 2 aromatic rings. The van der Waals surface area contributed by atoms with E-state index >= 15 is 0 Å². The minimum atomic E-state index is -1.13. The first-order chi connectivity index (χ1) is 13.3. The van der Waals surface area contributed by atoms with Crippen LogP contribution in [0.15, 0.2) is 35.3 Å². The van der Waals surface area contributed by atoms with Gasteiger partial charge in [-0.1, -0.05) is 17.7 Å². The van der Waals surface area contributed by atoms with Gasteiger partial charge in [0.05, 0.1) is 6.61 Å². The van der Waals surface area contributed by atoms with Crippen molar-refractivity contribution in [2.24, 2.45) is 4.99 Å². The normalized spacial score (nSPS) is 11.0.